The topological polar surface area (TPSA) is 69.3 Å². The van der Waals surface area contributed by atoms with Crippen molar-refractivity contribution in [3.63, 3.8) is 0 Å². The second kappa shape index (κ2) is 6.62. The molecule has 0 radical (unpaired) electrons. The molecule has 0 spiro atoms. The lowest BCUT2D eigenvalue weighted by molar-refractivity contribution is -0.127. The number of rotatable bonds is 5. The lowest BCUT2D eigenvalue weighted by Crippen LogP contribution is -2.23. The van der Waals surface area contributed by atoms with E-state index in [9.17, 15) is 4.79 Å². The number of nitrogens with zero attached hydrogens (tertiary/aromatic N) is 2. The minimum absolute atomic E-state index is 0.0790. The first-order valence-corrected chi connectivity index (χ1v) is 6.60. The zero-order valence-electron chi connectivity index (χ0n) is 12.1. The first-order chi connectivity index (χ1) is 10.1. The number of hydrogen-bond acceptors (Lipinski definition) is 4. The first-order valence-electron chi connectivity index (χ1n) is 6.60. The average molecular weight is 283 g/mol. The second-order valence-corrected chi connectivity index (χ2v) is 4.89. The van der Waals surface area contributed by atoms with E-state index in [0.29, 0.717) is 24.5 Å². The third-order valence-corrected chi connectivity index (χ3v) is 3.05. The Morgan fingerprint density at radius 1 is 1.24 bits per heavy atom. The quantitative estimate of drug-likeness (QED) is 0.914. The highest BCUT2D eigenvalue weighted by Crippen LogP contribution is 2.13. The largest absolute Gasteiger partial charge is 0.449 e. The van der Waals surface area contributed by atoms with Crippen molar-refractivity contribution in [1.29, 1.82) is 5.26 Å². The molecular weight excluding hydrogens is 266 g/mol. The fourth-order valence-corrected chi connectivity index (χ4v) is 1.80. The summed E-state index contributed by atoms with van der Waals surface area (Å²) in [7, 11) is 3.49. The van der Waals surface area contributed by atoms with Crippen LogP contribution in [0.3, 0.4) is 0 Å². The van der Waals surface area contributed by atoms with Crippen LogP contribution in [0.15, 0.2) is 40.8 Å². The molecule has 1 heterocycles. The van der Waals surface area contributed by atoms with Gasteiger partial charge in [0.2, 0.25) is 11.7 Å². The van der Waals surface area contributed by atoms with Crippen molar-refractivity contribution in [3.8, 4) is 6.07 Å². The van der Waals surface area contributed by atoms with Crippen LogP contribution in [0.4, 0.5) is 5.69 Å². The molecule has 0 unspecified atom stereocenters. The molecule has 0 saturated carbocycles. The molecule has 1 amide bonds. The van der Waals surface area contributed by atoms with Crippen molar-refractivity contribution < 1.29 is 9.21 Å². The summed E-state index contributed by atoms with van der Waals surface area (Å²) in [4.78, 5) is 13.2. The van der Waals surface area contributed by atoms with E-state index in [0.717, 1.165) is 11.3 Å². The number of benzene rings is 1. The van der Waals surface area contributed by atoms with E-state index in [1.165, 1.54) is 0 Å². The minimum atomic E-state index is 0.0790. The molecule has 1 aromatic carbocycles. The van der Waals surface area contributed by atoms with E-state index in [2.05, 4.69) is 5.32 Å². The molecule has 2 aromatic rings. The third kappa shape index (κ3) is 4.11. The van der Waals surface area contributed by atoms with Crippen molar-refractivity contribution in [3.05, 3.63) is 53.5 Å². The van der Waals surface area contributed by atoms with Crippen LogP contribution in [0.1, 0.15) is 17.1 Å². The molecule has 0 bridgehead atoms. The minimum Gasteiger partial charge on any atom is -0.449 e. The zero-order chi connectivity index (χ0) is 15.2. The van der Waals surface area contributed by atoms with Gasteiger partial charge in [0.15, 0.2) is 0 Å². The van der Waals surface area contributed by atoms with Gasteiger partial charge in [0.25, 0.3) is 0 Å². The number of carbonyl (C=O) groups excluding carboxylic acids is 1. The number of nitrogens with one attached hydrogen (secondary N) is 1. The van der Waals surface area contributed by atoms with Crippen molar-refractivity contribution in [2.75, 3.05) is 19.4 Å². The van der Waals surface area contributed by atoms with Crippen LogP contribution in [0.5, 0.6) is 0 Å². The van der Waals surface area contributed by atoms with Gasteiger partial charge < -0.3 is 14.6 Å². The van der Waals surface area contributed by atoms with Crippen molar-refractivity contribution >= 4 is 11.6 Å². The Kier molecular flexibility index (Phi) is 4.62. The normalized spacial score (nSPS) is 9.95. The van der Waals surface area contributed by atoms with E-state index in [1.807, 2.05) is 30.3 Å². The predicted octanol–water partition coefficient (Wildman–Crippen LogP) is 2.39. The summed E-state index contributed by atoms with van der Waals surface area (Å²) in [5, 5.41) is 11.9. The van der Waals surface area contributed by atoms with Crippen LogP contribution in [0.2, 0.25) is 0 Å². The molecule has 0 saturated heterocycles. The zero-order valence-corrected chi connectivity index (χ0v) is 12.1. The van der Waals surface area contributed by atoms with E-state index in [-0.39, 0.29) is 5.91 Å². The summed E-state index contributed by atoms with van der Waals surface area (Å²) < 4.78 is 5.28. The van der Waals surface area contributed by atoms with E-state index in [4.69, 9.17) is 9.68 Å². The Hall–Kier alpha value is -2.74. The summed E-state index contributed by atoms with van der Waals surface area (Å²) in [6.45, 7) is 0.512. The van der Waals surface area contributed by atoms with Gasteiger partial charge in [-0.1, -0.05) is 12.1 Å². The molecule has 0 aliphatic rings. The standard InChI is InChI=1S/C16H17N3O2/c1-19(2)16(20)9-12-3-5-13(6-4-12)18-11-15-8-7-14(10-17)21-15/h3-8,18H,9,11H2,1-2H3. The smallest absolute Gasteiger partial charge is 0.226 e. The Morgan fingerprint density at radius 2 is 1.95 bits per heavy atom. The van der Waals surface area contributed by atoms with E-state index < -0.39 is 0 Å². The molecule has 2 rings (SSSR count). The SMILES string of the molecule is CN(C)C(=O)Cc1ccc(NCc2ccc(C#N)o2)cc1. The molecule has 1 aromatic heterocycles. The number of amides is 1. The number of carbonyl (C=O) groups is 1. The fraction of sp³-hybridized carbons (Fsp3) is 0.250. The highest BCUT2D eigenvalue weighted by Gasteiger charge is 2.05. The summed E-state index contributed by atoms with van der Waals surface area (Å²) in [5.74, 6) is 1.10. The van der Waals surface area contributed by atoms with Gasteiger partial charge in [-0.05, 0) is 29.8 Å². The Labute approximate surface area is 123 Å². The van der Waals surface area contributed by atoms with Gasteiger partial charge in [-0.15, -0.1) is 0 Å². The van der Waals surface area contributed by atoms with Crippen LogP contribution in [0.25, 0.3) is 0 Å². The van der Waals surface area contributed by atoms with Gasteiger partial charge in [-0.3, -0.25) is 4.79 Å². The van der Waals surface area contributed by atoms with Gasteiger partial charge in [0.1, 0.15) is 11.8 Å². The number of nitriles is 1. The lowest BCUT2D eigenvalue weighted by atomic mass is 10.1. The summed E-state index contributed by atoms with van der Waals surface area (Å²) in [5.41, 5.74) is 1.91. The maximum Gasteiger partial charge on any atom is 0.226 e. The maximum atomic E-state index is 11.6. The molecule has 0 atom stereocenters. The number of furan rings is 1. The molecular formula is C16H17N3O2. The Balaban J connectivity index is 1.90. The van der Waals surface area contributed by atoms with Crippen LogP contribution in [-0.2, 0) is 17.8 Å². The highest BCUT2D eigenvalue weighted by molar-refractivity contribution is 5.78. The number of anilines is 1. The molecule has 21 heavy (non-hydrogen) atoms. The van der Waals surface area contributed by atoms with Gasteiger partial charge in [0, 0.05) is 19.8 Å². The number of hydrogen-bond donors (Lipinski definition) is 1. The second-order valence-electron chi connectivity index (χ2n) is 4.89. The van der Waals surface area contributed by atoms with Gasteiger partial charge >= 0.3 is 0 Å². The highest BCUT2D eigenvalue weighted by atomic mass is 16.3. The number of likely N-dealkylation sites (N-methyl/N-ethyl adjacent to an activating group) is 1. The van der Waals surface area contributed by atoms with Crippen LogP contribution in [0, 0.1) is 11.3 Å². The molecule has 0 fully saturated rings. The molecule has 1 N–H and O–H groups in total. The molecule has 5 nitrogen and oxygen atoms in total. The van der Waals surface area contributed by atoms with Crippen LogP contribution in [-0.4, -0.2) is 24.9 Å². The first kappa shape index (κ1) is 14.7. The van der Waals surface area contributed by atoms with Crippen molar-refractivity contribution in [1.82, 2.24) is 4.90 Å². The van der Waals surface area contributed by atoms with Gasteiger partial charge in [0.05, 0.1) is 13.0 Å². The van der Waals surface area contributed by atoms with Gasteiger partial charge in [-0.2, -0.15) is 5.26 Å². The van der Waals surface area contributed by atoms with Gasteiger partial charge in [-0.25, -0.2) is 0 Å². The van der Waals surface area contributed by atoms with Crippen LogP contribution < -0.4 is 5.32 Å². The van der Waals surface area contributed by atoms with Crippen molar-refractivity contribution in [2.24, 2.45) is 0 Å². The molecule has 5 heteroatoms. The fourth-order valence-electron chi connectivity index (χ4n) is 1.80. The third-order valence-electron chi connectivity index (χ3n) is 3.05. The van der Waals surface area contributed by atoms with Crippen molar-refractivity contribution in [2.45, 2.75) is 13.0 Å². The van der Waals surface area contributed by atoms with E-state index in [1.54, 1.807) is 31.1 Å². The summed E-state index contributed by atoms with van der Waals surface area (Å²) >= 11 is 0. The Morgan fingerprint density at radius 3 is 2.52 bits per heavy atom. The summed E-state index contributed by atoms with van der Waals surface area (Å²) in [6, 6.07) is 13.1. The molecule has 108 valence electrons. The van der Waals surface area contributed by atoms with Crippen LogP contribution >= 0.6 is 0 Å². The Bertz CT molecular complexity index is 651. The monoisotopic (exact) mass is 283 g/mol. The summed E-state index contributed by atoms with van der Waals surface area (Å²) in [6.07, 6.45) is 0.400. The van der Waals surface area contributed by atoms with E-state index >= 15 is 0 Å². The molecule has 0 aliphatic carbocycles. The molecule has 0 aliphatic heterocycles. The predicted molar refractivity (Wildman–Crippen MR) is 79.6 cm³/mol. The average Bonchev–Trinajstić information content (AvgIpc) is 2.94. The maximum absolute atomic E-state index is 11.6. The lowest BCUT2D eigenvalue weighted by Gasteiger charge is -2.10.